The summed E-state index contributed by atoms with van der Waals surface area (Å²) in [5.41, 5.74) is -0.0288. The van der Waals surface area contributed by atoms with E-state index in [0.717, 1.165) is 41.9 Å². The van der Waals surface area contributed by atoms with Crippen molar-refractivity contribution in [3.8, 4) is 0 Å². The molecule has 4 aliphatic carbocycles. The van der Waals surface area contributed by atoms with Crippen LogP contribution >= 0.6 is 35.3 Å². The highest BCUT2D eigenvalue weighted by Gasteiger charge is 2.51. The van der Waals surface area contributed by atoms with Crippen LogP contribution in [0.15, 0.2) is 22.4 Å². The Kier molecular flexibility index (Phi) is 4.44. The second-order valence-corrected chi connectivity index (χ2v) is 11.2. The fraction of sp³-hybridized carbons (Fsp3) is 0.550. The lowest BCUT2D eigenvalue weighted by Gasteiger charge is -2.57. The first-order chi connectivity index (χ1) is 13.0. The quantitative estimate of drug-likeness (QED) is 0.592. The van der Waals surface area contributed by atoms with Crippen molar-refractivity contribution in [3.05, 3.63) is 27.3 Å². The first-order valence-electron chi connectivity index (χ1n) is 9.60. The Labute approximate surface area is 172 Å². The molecule has 1 aliphatic heterocycles. The van der Waals surface area contributed by atoms with E-state index in [2.05, 4.69) is 5.32 Å². The Morgan fingerprint density at radius 3 is 2.52 bits per heavy atom. The van der Waals surface area contributed by atoms with Crippen LogP contribution in [0, 0.1) is 17.8 Å². The molecule has 27 heavy (non-hydrogen) atoms. The first-order valence-corrected chi connectivity index (χ1v) is 11.7. The Hall–Kier alpha value is -1.18. The van der Waals surface area contributed by atoms with Crippen LogP contribution in [-0.4, -0.2) is 33.1 Å². The number of carbonyl (C=O) groups is 2. The van der Waals surface area contributed by atoms with Gasteiger partial charge < -0.3 is 5.32 Å². The number of rotatable bonds is 4. The summed E-state index contributed by atoms with van der Waals surface area (Å²) in [7, 11) is 0. The largest absolute Gasteiger partial charge is 0.349 e. The molecule has 0 radical (unpaired) electrons. The van der Waals surface area contributed by atoms with Gasteiger partial charge in [0.05, 0.1) is 4.91 Å². The summed E-state index contributed by atoms with van der Waals surface area (Å²) in [6.45, 7) is 0.0359. The Balaban J connectivity index is 1.26. The molecule has 0 spiro atoms. The van der Waals surface area contributed by atoms with Gasteiger partial charge in [-0.1, -0.05) is 30.0 Å². The van der Waals surface area contributed by atoms with Gasteiger partial charge in [0.1, 0.15) is 10.9 Å². The van der Waals surface area contributed by atoms with Gasteiger partial charge in [-0.25, -0.2) is 0 Å². The minimum Gasteiger partial charge on any atom is -0.349 e. The molecule has 0 atom stereocenters. The second kappa shape index (κ2) is 6.71. The van der Waals surface area contributed by atoms with Gasteiger partial charge in [-0.2, -0.15) is 0 Å². The van der Waals surface area contributed by atoms with Gasteiger partial charge >= 0.3 is 0 Å². The smallest absolute Gasteiger partial charge is 0.266 e. The fourth-order valence-corrected chi connectivity index (χ4v) is 7.86. The van der Waals surface area contributed by atoms with Crippen LogP contribution in [0.4, 0.5) is 0 Å². The third-order valence-electron chi connectivity index (χ3n) is 6.43. The predicted molar refractivity (Wildman–Crippen MR) is 113 cm³/mol. The molecule has 142 valence electrons. The summed E-state index contributed by atoms with van der Waals surface area (Å²) in [6, 6.07) is 3.92. The Bertz CT molecular complexity index is 795. The zero-order chi connectivity index (χ0) is 18.6. The van der Waals surface area contributed by atoms with Gasteiger partial charge in [0.15, 0.2) is 0 Å². The Morgan fingerprint density at radius 2 is 1.93 bits per heavy atom. The molecule has 4 saturated carbocycles. The molecular formula is C20H22N2O2S3. The molecule has 5 aliphatic rings. The number of thioether (sulfide) groups is 1. The molecular weight excluding hydrogens is 396 g/mol. The first kappa shape index (κ1) is 17.9. The predicted octanol–water partition coefficient (Wildman–Crippen LogP) is 4.03. The van der Waals surface area contributed by atoms with Gasteiger partial charge in [0, 0.05) is 10.4 Å². The lowest BCUT2D eigenvalue weighted by Crippen LogP contribution is -2.61. The van der Waals surface area contributed by atoms with Crippen LogP contribution in [0.2, 0.25) is 0 Å². The van der Waals surface area contributed by atoms with E-state index in [1.54, 1.807) is 11.3 Å². The Morgan fingerprint density at radius 1 is 1.26 bits per heavy atom. The minimum atomic E-state index is -0.154. The van der Waals surface area contributed by atoms with Gasteiger partial charge in [-0.05, 0) is 73.8 Å². The maximum absolute atomic E-state index is 12.8. The summed E-state index contributed by atoms with van der Waals surface area (Å²) in [5, 5.41) is 5.31. The van der Waals surface area contributed by atoms with Gasteiger partial charge in [-0.15, -0.1) is 11.3 Å². The van der Waals surface area contributed by atoms with Crippen LogP contribution in [0.5, 0.6) is 0 Å². The summed E-state index contributed by atoms with van der Waals surface area (Å²) < 4.78 is 0.475. The molecule has 2 heterocycles. The third kappa shape index (κ3) is 3.38. The SMILES string of the molecule is O=C(CN1C(=O)/C(=C\c2cccs2)SC1=S)NC12CC3CC(CC(C3)C1)C2. The summed E-state index contributed by atoms with van der Waals surface area (Å²) in [6.07, 6.45) is 9.23. The molecule has 2 amide bonds. The molecule has 5 fully saturated rings. The van der Waals surface area contributed by atoms with Crippen molar-refractivity contribution >= 4 is 57.5 Å². The molecule has 0 aromatic carbocycles. The van der Waals surface area contributed by atoms with Gasteiger partial charge in [0.2, 0.25) is 5.91 Å². The monoisotopic (exact) mass is 418 g/mol. The molecule has 1 aromatic rings. The number of nitrogens with one attached hydrogen (secondary N) is 1. The van der Waals surface area contributed by atoms with Gasteiger partial charge in [0.25, 0.3) is 5.91 Å². The van der Waals surface area contributed by atoms with Crippen LogP contribution in [0.1, 0.15) is 43.4 Å². The number of carbonyl (C=O) groups excluding carboxylic acids is 2. The summed E-state index contributed by atoms with van der Waals surface area (Å²) >= 11 is 8.24. The molecule has 1 saturated heterocycles. The van der Waals surface area contributed by atoms with Crippen LogP contribution in [-0.2, 0) is 9.59 Å². The molecule has 6 rings (SSSR count). The maximum atomic E-state index is 12.8. The molecule has 4 bridgehead atoms. The van der Waals surface area contributed by atoms with Crippen molar-refractivity contribution in [2.75, 3.05) is 6.54 Å². The highest BCUT2D eigenvalue weighted by atomic mass is 32.2. The zero-order valence-corrected chi connectivity index (χ0v) is 17.4. The summed E-state index contributed by atoms with van der Waals surface area (Å²) in [4.78, 5) is 28.6. The lowest BCUT2D eigenvalue weighted by molar-refractivity contribution is -0.132. The highest BCUT2D eigenvalue weighted by molar-refractivity contribution is 8.26. The molecule has 1 aromatic heterocycles. The normalized spacial score (nSPS) is 36.1. The molecule has 7 heteroatoms. The second-order valence-electron chi connectivity index (χ2n) is 8.53. The van der Waals surface area contributed by atoms with E-state index in [4.69, 9.17) is 12.2 Å². The summed E-state index contributed by atoms with van der Waals surface area (Å²) in [5.74, 6) is 2.12. The lowest BCUT2D eigenvalue weighted by atomic mass is 9.53. The number of thiocarbonyl (C=S) groups is 1. The van der Waals surface area contributed by atoms with Crippen molar-refractivity contribution in [1.29, 1.82) is 0 Å². The van der Waals surface area contributed by atoms with Crippen molar-refractivity contribution in [2.24, 2.45) is 17.8 Å². The fourth-order valence-electron chi connectivity index (χ4n) is 5.88. The van der Waals surface area contributed by atoms with E-state index in [1.165, 1.54) is 35.9 Å². The average Bonchev–Trinajstić information content (AvgIpc) is 3.17. The van der Waals surface area contributed by atoms with Crippen LogP contribution in [0.25, 0.3) is 6.08 Å². The van der Waals surface area contributed by atoms with Crippen molar-refractivity contribution in [1.82, 2.24) is 10.2 Å². The topological polar surface area (TPSA) is 49.4 Å². The minimum absolute atomic E-state index is 0.0288. The average molecular weight is 419 g/mol. The van der Waals surface area contributed by atoms with E-state index in [9.17, 15) is 9.59 Å². The molecule has 0 unspecified atom stereocenters. The van der Waals surface area contributed by atoms with Crippen molar-refractivity contribution in [3.63, 3.8) is 0 Å². The number of amides is 2. The zero-order valence-electron chi connectivity index (χ0n) is 15.0. The highest BCUT2D eigenvalue weighted by Crippen LogP contribution is 2.55. The van der Waals surface area contributed by atoms with Crippen molar-refractivity contribution < 1.29 is 9.59 Å². The van der Waals surface area contributed by atoms with E-state index < -0.39 is 0 Å². The standard InChI is InChI=1S/C20H22N2O2S3/c23-17(21-20-8-12-4-13(9-20)6-14(5-12)10-20)11-22-18(24)16(27-19(22)25)7-15-2-1-3-26-15/h1-3,7,12-14H,4-6,8-11H2,(H,21,23)/b16-7+. The van der Waals surface area contributed by atoms with Crippen molar-refractivity contribution in [2.45, 2.75) is 44.1 Å². The maximum Gasteiger partial charge on any atom is 0.266 e. The van der Waals surface area contributed by atoms with E-state index in [-0.39, 0.29) is 23.9 Å². The van der Waals surface area contributed by atoms with E-state index in [1.807, 2.05) is 23.6 Å². The number of hydrogen-bond donors (Lipinski definition) is 1. The van der Waals surface area contributed by atoms with Gasteiger partial charge in [-0.3, -0.25) is 14.5 Å². The van der Waals surface area contributed by atoms with E-state index >= 15 is 0 Å². The molecule has 4 nitrogen and oxygen atoms in total. The number of nitrogens with zero attached hydrogens (tertiary/aromatic N) is 1. The van der Waals surface area contributed by atoms with Crippen LogP contribution < -0.4 is 5.32 Å². The van der Waals surface area contributed by atoms with E-state index in [0.29, 0.717) is 9.23 Å². The molecule has 1 N–H and O–H groups in total. The van der Waals surface area contributed by atoms with Crippen LogP contribution in [0.3, 0.4) is 0 Å². The number of thiophene rings is 1. The third-order valence-corrected chi connectivity index (χ3v) is 8.63. The number of hydrogen-bond acceptors (Lipinski definition) is 5.